The van der Waals surface area contributed by atoms with Gasteiger partial charge in [0.2, 0.25) is 5.88 Å². The molecule has 12 heteroatoms. The number of ether oxygens (including phenoxy) is 2. The summed E-state index contributed by atoms with van der Waals surface area (Å²) in [5.41, 5.74) is 0.0148. The Hall–Kier alpha value is -2.50. The van der Waals surface area contributed by atoms with E-state index < -0.39 is 34.7 Å². The number of rotatable bonds is 9. The average molecular weight is 437 g/mol. The van der Waals surface area contributed by atoms with Crippen molar-refractivity contribution in [1.29, 1.82) is 0 Å². The zero-order valence-corrected chi connectivity index (χ0v) is 16.6. The lowest BCUT2D eigenvalue weighted by Crippen LogP contribution is -2.33. The van der Waals surface area contributed by atoms with E-state index in [2.05, 4.69) is 19.7 Å². The smallest absolute Gasteiger partial charge is 0.340 e. The molecule has 0 saturated heterocycles. The van der Waals surface area contributed by atoms with Crippen molar-refractivity contribution in [3.05, 3.63) is 24.7 Å². The maximum atomic E-state index is 12.9. The van der Waals surface area contributed by atoms with Crippen LogP contribution in [0.4, 0.5) is 17.6 Å². The van der Waals surface area contributed by atoms with Crippen LogP contribution in [0.1, 0.15) is 20.8 Å². The van der Waals surface area contributed by atoms with Crippen LogP contribution in [-0.4, -0.2) is 54.2 Å². The van der Waals surface area contributed by atoms with E-state index in [-0.39, 0.29) is 33.9 Å². The highest BCUT2D eigenvalue weighted by Gasteiger charge is 2.41. The van der Waals surface area contributed by atoms with Crippen molar-refractivity contribution < 1.29 is 35.5 Å². The van der Waals surface area contributed by atoms with E-state index in [1.54, 1.807) is 13.8 Å². The third kappa shape index (κ3) is 5.75. The van der Waals surface area contributed by atoms with Gasteiger partial charge in [-0.15, -0.1) is 0 Å². The number of hydrogen-bond donors (Lipinski definition) is 0. The maximum absolute atomic E-state index is 12.9. The second-order valence-corrected chi connectivity index (χ2v) is 8.42. The van der Waals surface area contributed by atoms with Gasteiger partial charge in [-0.1, -0.05) is 6.92 Å². The Labute approximate surface area is 165 Å². The average Bonchev–Trinajstić information content (AvgIpc) is 2.66. The first kappa shape index (κ1) is 22.8. The van der Waals surface area contributed by atoms with Gasteiger partial charge < -0.3 is 9.47 Å². The Morgan fingerprint density at radius 2 is 1.79 bits per heavy atom. The van der Waals surface area contributed by atoms with Gasteiger partial charge in [-0.25, -0.2) is 32.2 Å². The molecular formula is C17H19F4N3O4S. The molecule has 0 aliphatic heterocycles. The zero-order chi connectivity index (χ0) is 21.8. The third-order valence-corrected chi connectivity index (χ3v) is 5.26. The summed E-state index contributed by atoms with van der Waals surface area (Å²) in [5.74, 6) is -4.72. The number of pyridine rings is 1. The fraction of sp³-hybridized carbons (Fsp3) is 0.471. The number of sulfone groups is 1. The number of halogens is 4. The van der Waals surface area contributed by atoms with Crippen molar-refractivity contribution in [3.8, 4) is 23.0 Å². The van der Waals surface area contributed by atoms with Crippen molar-refractivity contribution in [2.45, 2.75) is 44.1 Å². The van der Waals surface area contributed by atoms with Gasteiger partial charge in [0.25, 0.3) is 0 Å². The van der Waals surface area contributed by atoms with E-state index in [1.807, 2.05) is 0 Å². The van der Waals surface area contributed by atoms with Gasteiger partial charge in [-0.05, 0) is 13.8 Å². The second-order valence-electron chi connectivity index (χ2n) is 6.18. The summed E-state index contributed by atoms with van der Waals surface area (Å²) in [6.07, 6.45) is -0.802. The summed E-state index contributed by atoms with van der Waals surface area (Å²) in [7, 11) is -3.71. The lowest BCUT2D eigenvalue weighted by Gasteiger charge is -2.15. The number of aromatic nitrogens is 3. The molecule has 2 aromatic rings. The van der Waals surface area contributed by atoms with Crippen LogP contribution in [-0.2, 0) is 9.84 Å². The molecule has 0 spiro atoms. The second kappa shape index (κ2) is 8.89. The number of hydrogen-bond acceptors (Lipinski definition) is 7. The van der Waals surface area contributed by atoms with Crippen LogP contribution in [0.25, 0.3) is 11.4 Å². The topological polar surface area (TPSA) is 91.3 Å². The normalized spacial score (nSPS) is 12.4. The molecule has 0 fully saturated rings. The lowest BCUT2D eigenvalue weighted by atomic mass is 10.2. The van der Waals surface area contributed by atoms with Gasteiger partial charge in [0, 0.05) is 6.07 Å². The van der Waals surface area contributed by atoms with Crippen LogP contribution in [0.2, 0.25) is 0 Å². The fourth-order valence-corrected chi connectivity index (χ4v) is 3.15. The minimum atomic E-state index is -4.34. The van der Waals surface area contributed by atoms with Crippen LogP contribution >= 0.6 is 0 Å². The highest BCUT2D eigenvalue weighted by Crippen LogP contribution is 2.29. The van der Waals surface area contributed by atoms with Crippen LogP contribution in [0, 0.1) is 0 Å². The lowest BCUT2D eigenvalue weighted by molar-refractivity contribution is -0.148. The molecule has 7 nitrogen and oxygen atoms in total. The molecule has 0 aliphatic rings. The van der Waals surface area contributed by atoms with Crippen LogP contribution < -0.4 is 9.47 Å². The van der Waals surface area contributed by atoms with E-state index >= 15 is 0 Å². The molecule has 2 aromatic heterocycles. The largest absolute Gasteiger partial charge is 0.489 e. The van der Waals surface area contributed by atoms with E-state index in [0.717, 1.165) is 12.4 Å². The summed E-state index contributed by atoms with van der Waals surface area (Å²) >= 11 is 0. The first-order valence-corrected chi connectivity index (χ1v) is 10.1. The van der Waals surface area contributed by atoms with Gasteiger partial charge in [0.1, 0.15) is 17.1 Å². The number of alkyl halides is 4. The molecule has 160 valence electrons. The van der Waals surface area contributed by atoms with Crippen molar-refractivity contribution in [3.63, 3.8) is 0 Å². The molecule has 0 radical (unpaired) electrons. The molecule has 2 heterocycles. The monoisotopic (exact) mass is 437 g/mol. The highest BCUT2D eigenvalue weighted by atomic mass is 32.2. The van der Waals surface area contributed by atoms with Crippen LogP contribution in [0.15, 0.2) is 29.6 Å². The molecule has 0 N–H and O–H groups in total. The Balaban J connectivity index is 2.34. The molecule has 0 amide bonds. The molecule has 0 unspecified atom stereocenters. The van der Waals surface area contributed by atoms with Gasteiger partial charge >= 0.3 is 12.3 Å². The minimum absolute atomic E-state index is 0.0140. The van der Waals surface area contributed by atoms with Crippen LogP contribution in [0.3, 0.4) is 0 Å². The van der Waals surface area contributed by atoms with Crippen molar-refractivity contribution in [2.24, 2.45) is 0 Å². The standard InChI is InChI=1S/C17H19F4N3O4S/c1-4-29(25,26)13-5-11(28-10(2)3)6-24-15(13)12-7-23-14(8-22-12)27-9-17(20,21)16(18)19/h5-8,10,16H,4,9H2,1-3H3. The summed E-state index contributed by atoms with van der Waals surface area (Å²) in [5, 5.41) is 0. The van der Waals surface area contributed by atoms with Gasteiger partial charge in [-0.3, -0.25) is 0 Å². The Bertz CT molecular complexity index is 938. The maximum Gasteiger partial charge on any atom is 0.340 e. The molecule has 29 heavy (non-hydrogen) atoms. The van der Waals surface area contributed by atoms with Crippen LogP contribution in [0.5, 0.6) is 11.6 Å². The van der Waals surface area contributed by atoms with Crippen molar-refractivity contribution >= 4 is 9.84 Å². The summed E-state index contributed by atoms with van der Waals surface area (Å²) < 4.78 is 85.1. The molecule has 2 rings (SSSR count). The van der Waals surface area contributed by atoms with Gasteiger partial charge in [0.15, 0.2) is 16.4 Å². The predicted octanol–water partition coefficient (Wildman–Crippen LogP) is 3.40. The summed E-state index contributed by atoms with van der Waals surface area (Å²) in [4.78, 5) is 11.6. The minimum Gasteiger partial charge on any atom is -0.489 e. The zero-order valence-electron chi connectivity index (χ0n) is 15.8. The summed E-state index contributed by atoms with van der Waals surface area (Å²) in [6, 6.07) is 1.32. The number of nitrogens with zero attached hydrogens (tertiary/aromatic N) is 3. The SMILES string of the molecule is CCS(=O)(=O)c1cc(OC(C)C)cnc1-c1cnc(OCC(F)(F)C(F)F)cn1. The molecular weight excluding hydrogens is 418 g/mol. The fourth-order valence-electron chi connectivity index (χ4n) is 2.09. The Kier molecular flexibility index (Phi) is 6.98. The van der Waals surface area contributed by atoms with Crippen molar-refractivity contribution in [1.82, 2.24) is 15.0 Å². The van der Waals surface area contributed by atoms with E-state index in [4.69, 9.17) is 4.74 Å². The molecule has 0 bridgehead atoms. The quantitative estimate of drug-likeness (QED) is 0.555. The Morgan fingerprint density at radius 3 is 2.31 bits per heavy atom. The molecule has 0 aliphatic carbocycles. The Morgan fingerprint density at radius 1 is 1.10 bits per heavy atom. The highest BCUT2D eigenvalue weighted by molar-refractivity contribution is 7.91. The third-order valence-electron chi connectivity index (χ3n) is 3.52. The first-order valence-electron chi connectivity index (χ1n) is 8.47. The van der Waals surface area contributed by atoms with Gasteiger partial charge in [-0.2, -0.15) is 8.78 Å². The summed E-state index contributed by atoms with van der Waals surface area (Å²) in [6.45, 7) is 3.42. The van der Waals surface area contributed by atoms with E-state index in [0.29, 0.717) is 0 Å². The first-order chi connectivity index (χ1) is 13.5. The predicted molar refractivity (Wildman–Crippen MR) is 95.2 cm³/mol. The molecule has 0 atom stereocenters. The van der Waals surface area contributed by atoms with E-state index in [1.165, 1.54) is 19.2 Å². The van der Waals surface area contributed by atoms with Gasteiger partial charge in [0.05, 0.1) is 35.3 Å². The van der Waals surface area contributed by atoms with E-state index in [9.17, 15) is 26.0 Å². The van der Waals surface area contributed by atoms with Crippen molar-refractivity contribution in [2.75, 3.05) is 12.4 Å². The molecule has 0 saturated carbocycles. The molecule has 0 aromatic carbocycles.